The Kier molecular flexibility index (Phi) is 10.7. The number of hydrogen-bond donors (Lipinski definition) is 0. The zero-order chi connectivity index (χ0) is 40.6. The van der Waals surface area contributed by atoms with Crippen LogP contribution >= 0.6 is 0 Å². The van der Waals surface area contributed by atoms with Crippen molar-refractivity contribution < 1.29 is 0 Å². The van der Waals surface area contributed by atoms with Crippen LogP contribution in [-0.4, -0.2) is 21.0 Å². The second-order valence-corrected chi connectivity index (χ2v) is 16.9. The molecule has 1 aromatic heterocycles. The summed E-state index contributed by atoms with van der Waals surface area (Å²) in [4.78, 5) is 17.5. The van der Waals surface area contributed by atoms with Gasteiger partial charge < -0.3 is 0 Å². The summed E-state index contributed by atoms with van der Waals surface area (Å²) in [5.41, 5.74) is 14.8. The van der Waals surface area contributed by atoms with Gasteiger partial charge in [-0.3, -0.25) is 4.57 Å². The van der Waals surface area contributed by atoms with Gasteiger partial charge in [0.2, 0.25) is 0 Å². The van der Waals surface area contributed by atoms with E-state index < -0.39 is 5.79 Å². The Morgan fingerprint density at radius 2 is 0.741 bits per heavy atom. The van der Waals surface area contributed by atoms with Gasteiger partial charge in [0.15, 0.2) is 0 Å². The molecule has 4 nitrogen and oxygen atoms in total. The van der Waals surface area contributed by atoms with E-state index in [4.69, 9.17) is 15.0 Å². The lowest BCUT2D eigenvalue weighted by atomic mass is 9.95. The highest BCUT2D eigenvalue weighted by Crippen LogP contribution is 2.47. The fraction of sp³-hybridized carbons (Fsp3) is 0.241. The van der Waals surface area contributed by atoms with Crippen molar-refractivity contribution in [2.75, 3.05) is 0 Å². The first-order valence-electron chi connectivity index (χ1n) is 20.9. The molecule has 0 atom stereocenters. The van der Waals surface area contributed by atoms with E-state index in [0.717, 1.165) is 62.0 Å². The summed E-state index contributed by atoms with van der Waals surface area (Å²) in [7, 11) is 0. The van der Waals surface area contributed by atoms with Gasteiger partial charge in [-0.2, -0.15) is 0 Å². The quantitative estimate of drug-likeness (QED) is 0.130. The predicted molar refractivity (Wildman–Crippen MR) is 244 cm³/mol. The second-order valence-electron chi connectivity index (χ2n) is 16.9. The Morgan fingerprint density at radius 3 is 1.14 bits per heavy atom. The molecule has 0 radical (unpaired) electrons. The van der Waals surface area contributed by atoms with E-state index in [9.17, 15) is 0 Å². The van der Waals surface area contributed by atoms with Crippen LogP contribution in [-0.2, 0) is 5.79 Å². The van der Waals surface area contributed by atoms with E-state index in [2.05, 4.69) is 218 Å². The third-order valence-corrected chi connectivity index (χ3v) is 11.5. The van der Waals surface area contributed by atoms with Gasteiger partial charge in [-0.15, -0.1) is 0 Å². The van der Waals surface area contributed by atoms with Crippen molar-refractivity contribution in [2.45, 2.75) is 84.8 Å². The van der Waals surface area contributed by atoms with Gasteiger partial charge >= 0.3 is 0 Å². The van der Waals surface area contributed by atoms with Crippen LogP contribution in [0.25, 0.3) is 33.9 Å². The number of rotatable bonds is 11. The summed E-state index contributed by atoms with van der Waals surface area (Å²) in [5.74, 6) is 1.19. The standard InChI is InChI=1S/C54H54N4/c1-35(2)39-19-27-43(28-20-39)49-50(44-29-21-40(22-30-44)36(3)4)57-54(56-49,48-17-13-10-14-18-48)58-52(46-33-25-42(26-34-46)38(7)8)51(45-31-23-41(24-32-45)37(5)6)55-53(58)47-15-11-9-12-16-47/h9-38H,1-8H3. The highest BCUT2D eigenvalue weighted by molar-refractivity contribution is 6.54. The van der Waals surface area contributed by atoms with Crippen LogP contribution < -0.4 is 0 Å². The number of nitrogens with zero attached hydrogens (tertiary/aromatic N) is 4. The topological polar surface area (TPSA) is 42.5 Å². The highest BCUT2D eigenvalue weighted by Gasteiger charge is 2.45. The van der Waals surface area contributed by atoms with Gasteiger partial charge in [-0.25, -0.2) is 15.0 Å². The van der Waals surface area contributed by atoms with Crippen molar-refractivity contribution in [1.82, 2.24) is 9.55 Å². The zero-order valence-electron chi connectivity index (χ0n) is 35.1. The normalized spacial score (nSPS) is 13.8. The van der Waals surface area contributed by atoms with E-state index in [1.54, 1.807) is 0 Å². The lowest BCUT2D eigenvalue weighted by molar-refractivity contribution is 0.409. The molecule has 8 rings (SSSR count). The third-order valence-electron chi connectivity index (χ3n) is 11.5. The average Bonchev–Trinajstić information content (AvgIpc) is 3.86. The van der Waals surface area contributed by atoms with Crippen LogP contribution in [0, 0.1) is 0 Å². The molecule has 58 heavy (non-hydrogen) atoms. The summed E-state index contributed by atoms with van der Waals surface area (Å²) in [6.45, 7) is 17.9. The summed E-state index contributed by atoms with van der Waals surface area (Å²) < 4.78 is 2.33. The Hall–Kier alpha value is -6.13. The smallest absolute Gasteiger partial charge is 0.261 e. The first-order valence-corrected chi connectivity index (χ1v) is 20.9. The minimum Gasteiger partial charge on any atom is -0.275 e. The zero-order valence-corrected chi connectivity index (χ0v) is 35.1. The van der Waals surface area contributed by atoms with E-state index in [0.29, 0.717) is 23.7 Å². The molecule has 1 aliphatic heterocycles. The fourth-order valence-corrected chi connectivity index (χ4v) is 7.94. The lowest BCUT2D eigenvalue weighted by Gasteiger charge is -2.30. The molecule has 6 aromatic carbocycles. The molecule has 0 amide bonds. The second kappa shape index (κ2) is 16.0. The summed E-state index contributed by atoms with van der Waals surface area (Å²) in [6.07, 6.45) is 0. The lowest BCUT2D eigenvalue weighted by Crippen LogP contribution is -2.31. The van der Waals surface area contributed by atoms with Gasteiger partial charge in [0.1, 0.15) is 5.82 Å². The Bertz CT molecular complexity index is 2490. The SMILES string of the molecule is CC(C)c1ccc(C2=NC(c3ccccc3)(n3c(-c4ccccc4)nc(-c4ccc(C(C)C)cc4)c3-c3ccc(C(C)C)cc3)N=C2c2ccc(C(C)C)cc2)cc1. The molecular formula is C54H54N4. The monoisotopic (exact) mass is 758 g/mol. The van der Waals surface area contributed by atoms with Crippen molar-refractivity contribution in [3.8, 4) is 33.9 Å². The minimum atomic E-state index is -1.25. The van der Waals surface area contributed by atoms with Crippen LogP contribution in [0.4, 0.5) is 0 Å². The molecule has 0 bridgehead atoms. The molecule has 1 aliphatic rings. The van der Waals surface area contributed by atoms with Crippen LogP contribution in [0.2, 0.25) is 0 Å². The van der Waals surface area contributed by atoms with Crippen LogP contribution in [0.1, 0.15) is 118 Å². The minimum absolute atomic E-state index is 0.399. The molecule has 4 heteroatoms. The van der Waals surface area contributed by atoms with Gasteiger partial charge in [-0.1, -0.05) is 213 Å². The molecular weight excluding hydrogens is 705 g/mol. The summed E-state index contributed by atoms with van der Waals surface area (Å²) >= 11 is 0. The number of hydrogen-bond acceptors (Lipinski definition) is 3. The summed E-state index contributed by atoms with van der Waals surface area (Å²) in [6, 6.07) is 56.8. The molecule has 290 valence electrons. The van der Waals surface area contributed by atoms with Gasteiger partial charge in [0, 0.05) is 33.4 Å². The first kappa shape index (κ1) is 38.7. The maximum atomic E-state index is 5.92. The van der Waals surface area contributed by atoms with E-state index in [1.807, 2.05) is 0 Å². The van der Waals surface area contributed by atoms with Crippen molar-refractivity contribution in [2.24, 2.45) is 9.98 Å². The first-order chi connectivity index (χ1) is 28.0. The summed E-state index contributed by atoms with van der Waals surface area (Å²) in [5, 5.41) is 0. The maximum absolute atomic E-state index is 5.92. The molecule has 0 N–H and O–H groups in total. The highest BCUT2D eigenvalue weighted by atomic mass is 15.4. The molecule has 0 fully saturated rings. The van der Waals surface area contributed by atoms with Crippen LogP contribution in [0.3, 0.4) is 0 Å². The largest absolute Gasteiger partial charge is 0.275 e. The van der Waals surface area contributed by atoms with Gasteiger partial charge in [0.25, 0.3) is 5.79 Å². The predicted octanol–water partition coefficient (Wildman–Crippen LogP) is 14.0. The number of aromatic nitrogens is 2. The Morgan fingerprint density at radius 1 is 0.379 bits per heavy atom. The van der Waals surface area contributed by atoms with Gasteiger partial charge in [0.05, 0.1) is 22.8 Å². The van der Waals surface area contributed by atoms with Crippen LogP contribution in [0.15, 0.2) is 168 Å². The Balaban J connectivity index is 1.51. The molecule has 0 unspecified atom stereocenters. The van der Waals surface area contributed by atoms with Crippen molar-refractivity contribution in [3.63, 3.8) is 0 Å². The van der Waals surface area contributed by atoms with Crippen molar-refractivity contribution in [1.29, 1.82) is 0 Å². The van der Waals surface area contributed by atoms with Crippen LogP contribution in [0.5, 0.6) is 0 Å². The van der Waals surface area contributed by atoms with Crippen molar-refractivity contribution >= 4 is 11.4 Å². The van der Waals surface area contributed by atoms with E-state index in [-0.39, 0.29) is 0 Å². The molecule has 0 aliphatic carbocycles. The number of aliphatic imine (C=N–C) groups is 2. The van der Waals surface area contributed by atoms with E-state index in [1.165, 1.54) is 22.3 Å². The average molecular weight is 759 g/mol. The number of imidazole rings is 1. The Labute approximate surface area is 345 Å². The molecule has 7 aromatic rings. The molecule has 2 heterocycles. The van der Waals surface area contributed by atoms with E-state index >= 15 is 0 Å². The third kappa shape index (κ3) is 7.28. The fourth-order valence-electron chi connectivity index (χ4n) is 7.94. The van der Waals surface area contributed by atoms with Crippen molar-refractivity contribution in [3.05, 3.63) is 197 Å². The molecule has 0 saturated heterocycles. The maximum Gasteiger partial charge on any atom is 0.261 e. The molecule has 0 saturated carbocycles. The van der Waals surface area contributed by atoms with Gasteiger partial charge in [-0.05, 0) is 45.9 Å². The molecule has 0 spiro atoms. The number of benzene rings is 6.